The zero-order valence-electron chi connectivity index (χ0n) is 14.9. The van der Waals surface area contributed by atoms with Gasteiger partial charge in [0.25, 0.3) is 5.91 Å². The first-order valence-electron chi connectivity index (χ1n) is 8.25. The van der Waals surface area contributed by atoms with Crippen LogP contribution in [0.4, 0.5) is 23.0 Å². The number of hydrogen-bond donors (Lipinski definition) is 3. The molecule has 0 saturated heterocycles. The summed E-state index contributed by atoms with van der Waals surface area (Å²) in [5.41, 5.74) is 6.84. The Morgan fingerprint density at radius 2 is 1.78 bits per heavy atom. The van der Waals surface area contributed by atoms with Crippen LogP contribution in [0.15, 0.2) is 36.4 Å². The van der Waals surface area contributed by atoms with Gasteiger partial charge in [0.1, 0.15) is 12.4 Å². The summed E-state index contributed by atoms with van der Waals surface area (Å²) >= 11 is 0. The number of amides is 3. The fraction of sp³-hybridized carbons (Fsp3) is 0.222. The predicted octanol–water partition coefficient (Wildman–Crippen LogP) is 1.37. The first kappa shape index (κ1) is 18.2. The highest BCUT2D eigenvalue weighted by atomic mass is 16.5. The van der Waals surface area contributed by atoms with Gasteiger partial charge in [0.05, 0.1) is 0 Å². The molecule has 1 unspecified atom stereocenters. The number of nitrogens with two attached hydrogens (primary N) is 1. The van der Waals surface area contributed by atoms with Crippen LogP contribution in [0.2, 0.25) is 0 Å². The summed E-state index contributed by atoms with van der Waals surface area (Å²) < 4.78 is 5.50. The molecular formula is C18H19N5O4. The molecular weight excluding hydrogens is 350 g/mol. The first-order valence-corrected chi connectivity index (χ1v) is 8.25. The van der Waals surface area contributed by atoms with E-state index in [1.807, 2.05) is 0 Å². The van der Waals surface area contributed by atoms with Crippen molar-refractivity contribution in [2.24, 2.45) is 0 Å². The number of pyridine rings is 1. The van der Waals surface area contributed by atoms with E-state index in [2.05, 4.69) is 15.6 Å². The molecule has 1 aromatic heterocycles. The SMILES string of the molecule is CC(=O)Nc1ccc(NC(=O)CN2C(=O)C(C)Oc3ccc(N)nc32)cc1. The van der Waals surface area contributed by atoms with Gasteiger partial charge in [-0.3, -0.25) is 19.3 Å². The Bertz CT molecular complexity index is 897. The number of hydrogen-bond acceptors (Lipinski definition) is 6. The lowest BCUT2D eigenvalue weighted by atomic mass is 10.2. The third-order valence-electron chi connectivity index (χ3n) is 3.82. The van der Waals surface area contributed by atoms with Crippen molar-refractivity contribution in [1.82, 2.24) is 4.98 Å². The molecule has 1 atom stereocenters. The van der Waals surface area contributed by atoms with Crippen LogP contribution >= 0.6 is 0 Å². The van der Waals surface area contributed by atoms with Crippen LogP contribution in [0.1, 0.15) is 13.8 Å². The van der Waals surface area contributed by atoms with Crippen molar-refractivity contribution in [1.29, 1.82) is 0 Å². The van der Waals surface area contributed by atoms with Gasteiger partial charge in [0.2, 0.25) is 11.8 Å². The van der Waals surface area contributed by atoms with E-state index in [4.69, 9.17) is 10.5 Å². The van der Waals surface area contributed by atoms with E-state index in [0.29, 0.717) is 17.1 Å². The Kier molecular flexibility index (Phi) is 4.93. The zero-order chi connectivity index (χ0) is 19.6. The van der Waals surface area contributed by atoms with Crippen molar-refractivity contribution < 1.29 is 19.1 Å². The molecule has 3 rings (SSSR count). The van der Waals surface area contributed by atoms with E-state index < -0.39 is 12.0 Å². The van der Waals surface area contributed by atoms with E-state index in [9.17, 15) is 14.4 Å². The van der Waals surface area contributed by atoms with E-state index in [-0.39, 0.29) is 30.0 Å². The van der Waals surface area contributed by atoms with Gasteiger partial charge < -0.3 is 21.1 Å². The van der Waals surface area contributed by atoms with Crippen LogP contribution in [0, 0.1) is 0 Å². The number of nitrogens with one attached hydrogen (secondary N) is 2. The average molecular weight is 369 g/mol. The maximum Gasteiger partial charge on any atom is 0.269 e. The Labute approximate surface area is 155 Å². The number of carbonyl (C=O) groups excluding carboxylic acids is 3. The third-order valence-corrected chi connectivity index (χ3v) is 3.82. The lowest BCUT2D eigenvalue weighted by Crippen LogP contribution is -2.48. The van der Waals surface area contributed by atoms with Crippen LogP contribution in [0.3, 0.4) is 0 Å². The van der Waals surface area contributed by atoms with Crippen molar-refractivity contribution in [2.75, 3.05) is 27.8 Å². The average Bonchev–Trinajstić information content (AvgIpc) is 2.61. The van der Waals surface area contributed by atoms with Crippen molar-refractivity contribution >= 4 is 40.7 Å². The molecule has 27 heavy (non-hydrogen) atoms. The summed E-state index contributed by atoms with van der Waals surface area (Å²) in [4.78, 5) is 41.3. The minimum Gasteiger partial charge on any atom is -0.477 e. The highest BCUT2D eigenvalue weighted by Crippen LogP contribution is 2.32. The quantitative estimate of drug-likeness (QED) is 0.747. The smallest absolute Gasteiger partial charge is 0.269 e. The maximum absolute atomic E-state index is 12.4. The van der Waals surface area contributed by atoms with Crippen molar-refractivity contribution in [3.8, 4) is 5.75 Å². The molecule has 9 heteroatoms. The molecule has 0 aliphatic carbocycles. The molecule has 1 aliphatic heterocycles. The largest absolute Gasteiger partial charge is 0.477 e. The Hall–Kier alpha value is -3.62. The topological polar surface area (TPSA) is 127 Å². The van der Waals surface area contributed by atoms with Crippen LogP contribution in [-0.2, 0) is 14.4 Å². The second kappa shape index (κ2) is 7.32. The number of anilines is 4. The highest BCUT2D eigenvalue weighted by molar-refractivity contribution is 6.05. The molecule has 2 heterocycles. The number of ether oxygens (including phenoxy) is 1. The Morgan fingerprint density at radius 1 is 1.15 bits per heavy atom. The number of carbonyl (C=O) groups is 3. The van der Waals surface area contributed by atoms with Crippen molar-refractivity contribution in [3.63, 3.8) is 0 Å². The Balaban J connectivity index is 1.73. The zero-order valence-corrected chi connectivity index (χ0v) is 14.9. The molecule has 2 aromatic rings. The minimum atomic E-state index is -0.729. The van der Waals surface area contributed by atoms with Gasteiger partial charge in [-0.15, -0.1) is 0 Å². The lowest BCUT2D eigenvalue weighted by molar-refractivity contribution is -0.127. The molecule has 1 aromatic carbocycles. The number of nitrogen functional groups attached to an aromatic ring is 1. The summed E-state index contributed by atoms with van der Waals surface area (Å²) in [6.45, 7) is 2.78. The fourth-order valence-electron chi connectivity index (χ4n) is 2.64. The number of fused-ring (bicyclic) bond motifs is 1. The minimum absolute atomic E-state index is 0.183. The summed E-state index contributed by atoms with van der Waals surface area (Å²) in [5.74, 6) is -0.134. The first-order chi connectivity index (χ1) is 12.8. The van der Waals surface area contributed by atoms with Crippen molar-refractivity contribution in [2.45, 2.75) is 20.0 Å². The number of rotatable bonds is 4. The van der Waals surface area contributed by atoms with E-state index in [1.165, 1.54) is 11.8 Å². The molecule has 0 radical (unpaired) electrons. The molecule has 4 N–H and O–H groups in total. The molecule has 0 fully saturated rings. The van der Waals surface area contributed by atoms with Gasteiger partial charge in [0, 0.05) is 18.3 Å². The summed E-state index contributed by atoms with van der Waals surface area (Å²) in [6.07, 6.45) is -0.729. The molecule has 9 nitrogen and oxygen atoms in total. The molecule has 0 bridgehead atoms. The van der Waals surface area contributed by atoms with Gasteiger partial charge in [-0.25, -0.2) is 4.98 Å². The predicted molar refractivity (Wildman–Crippen MR) is 100 cm³/mol. The highest BCUT2D eigenvalue weighted by Gasteiger charge is 2.34. The monoisotopic (exact) mass is 369 g/mol. The maximum atomic E-state index is 12.4. The summed E-state index contributed by atoms with van der Waals surface area (Å²) in [5, 5.41) is 5.34. The van der Waals surface area contributed by atoms with E-state index >= 15 is 0 Å². The van der Waals surface area contributed by atoms with E-state index in [1.54, 1.807) is 43.3 Å². The number of nitrogens with zero attached hydrogens (tertiary/aromatic N) is 2. The Morgan fingerprint density at radius 3 is 2.41 bits per heavy atom. The van der Waals surface area contributed by atoms with Gasteiger partial charge in [0.15, 0.2) is 17.7 Å². The van der Waals surface area contributed by atoms with Gasteiger partial charge in [-0.1, -0.05) is 0 Å². The molecule has 0 spiro atoms. The second-order valence-corrected chi connectivity index (χ2v) is 6.05. The van der Waals surface area contributed by atoms with Gasteiger partial charge in [-0.2, -0.15) is 0 Å². The second-order valence-electron chi connectivity index (χ2n) is 6.05. The standard InChI is InChI=1S/C18H19N5O4/c1-10-18(26)23(17-14(27-10)7-8-15(19)22-17)9-16(25)21-13-5-3-12(4-6-13)20-11(2)24/h3-8,10H,9H2,1-2H3,(H2,19,22)(H,20,24)(H,21,25). The summed E-state index contributed by atoms with van der Waals surface area (Å²) in [6, 6.07) is 9.81. The molecule has 0 saturated carbocycles. The van der Waals surface area contributed by atoms with Crippen LogP contribution < -0.4 is 26.0 Å². The van der Waals surface area contributed by atoms with E-state index in [0.717, 1.165) is 0 Å². The number of aromatic nitrogens is 1. The summed E-state index contributed by atoms with van der Waals surface area (Å²) in [7, 11) is 0. The molecule has 1 aliphatic rings. The van der Waals surface area contributed by atoms with Crippen molar-refractivity contribution in [3.05, 3.63) is 36.4 Å². The fourth-order valence-corrected chi connectivity index (χ4v) is 2.64. The third kappa shape index (κ3) is 4.14. The molecule has 140 valence electrons. The van der Waals surface area contributed by atoms with Crippen LogP contribution in [0.25, 0.3) is 0 Å². The van der Waals surface area contributed by atoms with Crippen LogP contribution in [-0.4, -0.2) is 35.4 Å². The number of benzene rings is 1. The molecule has 3 amide bonds. The van der Waals surface area contributed by atoms with Gasteiger partial charge in [-0.05, 0) is 43.3 Å². The lowest BCUT2D eigenvalue weighted by Gasteiger charge is -2.31. The van der Waals surface area contributed by atoms with Crippen LogP contribution in [0.5, 0.6) is 5.75 Å². The normalized spacial score (nSPS) is 15.6. The van der Waals surface area contributed by atoms with Gasteiger partial charge >= 0.3 is 0 Å².